The van der Waals surface area contributed by atoms with E-state index in [1.807, 2.05) is 38.1 Å². The molecule has 35 heavy (non-hydrogen) atoms. The lowest BCUT2D eigenvalue weighted by Crippen LogP contribution is -2.22. The lowest BCUT2D eigenvalue weighted by molar-refractivity contribution is -0.116. The molecule has 1 amide bonds. The van der Waals surface area contributed by atoms with Crippen LogP contribution in [0.25, 0.3) is 33.9 Å². The first-order chi connectivity index (χ1) is 16.9. The van der Waals surface area contributed by atoms with E-state index in [-0.39, 0.29) is 41.0 Å². The molecule has 1 N–H and O–H groups in total. The lowest BCUT2D eigenvalue weighted by Gasteiger charge is -2.12. The Morgan fingerprint density at radius 3 is 2.49 bits per heavy atom. The minimum Gasteiger partial charge on any atom is -0.333 e. The highest BCUT2D eigenvalue weighted by atomic mass is 19.1. The fraction of sp³-hybridized carbons (Fsp3) is 0.115. The molecule has 3 aromatic heterocycles. The number of amides is 1. The molecule has 5 aromatic rings. The first-order valence-electron chi connectivity index (χ1n) is 10.8. The average molecular weight is 469 g/mol. The fourth-order valence-corrected chi connectivity index (χ4v) is 3.67. The molecule has 174 valence electrons. The molecule has 0 atom stereocenters. The summed E-state index contributed by atoms with van der Waals surface area (Å²) >= 11 is 0. The van der Waals surface area contributed by atoms with E-state index < -0.39 is 0 Å². The molecule has 0 radical (unpaired) electrons. The van der Waals surface area contributed by atoms with Crippen LogP contribution in [-0.2, 0) is 11.3 Å². The van der Waals surface area contributed by atoms with Gasteiger partial charge < -0.3 is 14.4 Å². The van der Waals surface area contributed by atoms with E-state index in [1.165, 1.54) is 30.5 Å². The smallest absolute Gasteiger partial charge is 0.263 e. The van der Waals surface area contributed by atoms with Crippen LogP contribution >= 0.6 is 0 Å². The minimum atomic E-state index is -0.387. The number of hydrogen-bond donors (Lipinski definition) is 1. The number of anilines is 1. The Hall–Kier alpha value is -4.66. The quantitative estimate of drug-likeness (QED) is 0.406. The Morgan fingerprint density at radius 1 is 1.00 bits per heavy atom. The number of aromatic nitrogens is 4. The number of nitrogens with zero attached hydrogens (tertiary/aromatic N) is 4. The summed E-state index contributed by atoms with van der Waals surface area (Å²) in [6.45, 7) is 3.68. The molecule has 8 nitrogen and oxygen atoms in total. The molecule has 2 aromatic carbocycles. The number of nitrogens with one attached hydrogen (secondary N) is 1. The minimum absolute atomic E-state index is 0.00973. The van der Waals surface area contributed by atoms with Crippen molar-refractivity contribution in [2.75, 3.05) is 5.32 Å². The Balaban J connectivity index is 1.54. The maximum absolute atomic E-state index is 13.3. The maximum atomic E-state index is 13.3. The molecule has 0 saturated heterocycles. The van der Waals surface area contributed by atoms with Crippen molar-refractivity contribution in [3.05, 3.63) is 94.2 Å². The second kappa shape index (κ2) is 8.94. The second-order valence-electron chi connectivity index (χ2n) is 8.17. The van der Waals surface area contributed by atoms with Gasteiger partial charge >= 0.3 is 0 Å². The SMILES string of the molecule is Cc1ccc(NC(=O)Cn2cc(-c3nc(-c4ccc(F)cc4)no3)c(=O)c3ccc(C)nc32)cc1. The number of pyridine rings is 2. The first-order valence-corrected chi connectivity index (χ1v) is 10.8. The lowest BCUT2D eigenvalue weighted by atomic mass is 10.1. The predicted molar refractivity (Wildman–Crippen MR) is 129 cm³/mol. The van der Waals surface area contributed by atoms with Crippen molar-refractivity contribution in [2.24, 2.45) is 0 Å². The normalized spacial score (nSPS) is 11.1. The van der Waals surface area contributed by atoms with Gasteiger partial charge in [0.05, 0.1) is 5.39 Å². The van der Waals surface area contributed by atoms with E-state index in [1.54, 1.807) is 16.7 Å². The van der Waals surface area contributed by atoms with E-state index in [2.05, 4.69) is 20.4 Å². The van der Waals surface area contributed by atoms with Crippen LogP contribution < -0.4 is 10.7 Å². The molecule has 0 bridgehead atoms. The molecular weight excluding hydrogens is 449 g/mol. The van der Waals surface area contributed by atoms with Gasteiger partial charge in [-0.3, -0.25) is 9.59 Å². The van der Waals surface area contributed by atoms with Crippen LogP contribution in [0.5, 0.6) is 0 Å². The summed E-state index contributed by atoms with van der Waals surface area (Å²) in [6, 6.07) is 16.4. The van der Waals surface area contributed by atoms with Crippen molar-refractivity contribution >= 4 is 22.6 Å². The zero-order valence-electron chi connectivity index (χ0n) is 18.9. The zero-order chi connectivity index (χ0) is 24.5. The van der Waals surface area contributed by atoms with Gasteiger partial charge in [-0.25, -0.2) is 9.37 Å². The summed E-state index contributed by atoms with van der Waals surface area (Å²) in [5, 5.41) is 7.10. The summed E-state index contributed by atoms with van der Waals surface area (Å²) < 4.78 is 20.2. The third kappa shape index (κ3) is 4.56. The maximum Gasteiger partial charge on any atom is 0.263 e. The number of benzene rings is 2. The van der Waals surface area contributed by atoms with Crippen molar-refractivity contribution in [1.29, 1.82) is 0 Å². The molecule has 0 fully saturated rings. The number of fused-ring (bicyclic) bond motifs is 1. The van der Waals surface area contributed by atoms with Gasteiger partial charge in [0.25, 0.3) is 5.89 Å². The second-order valence-corrected chi connectivity index (χ2v) is 8.17. The first kappa shape index (κ1) is 22.1. The number of hydrogen-bond acceptors (Lipinski definition) is 6. The molecule has 0 aliphatic heterocycles. The monoisotopic (exact) mass is 469 g/mol. The van der Waals surface area contributed by atoms with Gasteiger partial charge in [-0.15, -0.1) is 0 Å². The number of aryl methyl sites for hydroxylation is 2. The third-order valence-electron chi connectivity index (χ3n) is 5.47. The number of rotatable bonds is 5. The van der Waals surface area contributed by atoms with Crippen molar-refractivity contribution in [2.45, 2.75) is 20.4 Å². The van der Waals surface area contributed by atoms with Gasteiger partial charge in [0.15, 0.2) is 0 Å². The third-order valence-corrected chi connectivity index (χ3v) is 5.47. The van der Waals surface area contributed by atoms with Crippen LogP contribution in [0.3, 0.4) is 0 Å². The Labute approximate surface area is 199 Å². The van der Waals surface area contributed by atoms with Gasteiger partial charge in [-0.05, 0) is 62.4 Å². The predicted octanol–water partition coefficient (Wildman–Crippen LogP) is 4.51. The molecular formula is C26H20FN5O3. The molecule has 9 heteroatoms. The van der Waals surface area contributed by atoms with Gasteiger partial charge in [0.1, 0.15) is 23.6 Å². The Morgan fingerprint density at radius 2 is 1.74 bits per heavy atom. The number of halogens is 1. The van der Waals surface area contributed by atoms with Crippen LogP contribution in [0.1, 0.15) is 11.3 Å². The summed E-state index contributed by atoms with van der Waals surface area (Å²) in [6.07, 6.45) is 1.49. The Bertz CT molecular complexity index is 1610. The van der Waals surface area contributed by atoms with Crippen LogP contribution in [0.4, 0.5) is 10.1 Å². The van der Waals surface area contributed by atoms with Gasteiger partial charge in [0, 0.05) is 23.1 Å². The van der Waals surface area contributed by atoms with Crippen molar-refractivity contribution < 1.29 is 13.7 Å². The van der Waals surface area contributed by atoms with Crippen molar-refractivity contribution in [3.63, 3.8) is 0 Å². The molecule has 0 aliphatic carbocycles. The molecule has 3 heterocycles. The highest BCUT2D eigenvalue weighted by Gasteiger charge is 2.19. The van der Waals surface area contributed by atoms with E-state index in [0.29, 0.717) is 28.0 Å². The topological polar surface area (TPSA) is 103 Å². The summed E-state index contributed by atoms with van der Waals surface area (Å²) in [7, 11) is 0. The molecule has 0 unspecified atom stereocenters. The molecule has 0 aliphatic rings. The highest BCUT2D eigenvalue weighted by Crippen LogP contribution is 2.22. The summed E-state index contributed by atoms with van der Waals surface area (Å²) in [4.78, 5) is 34.9. The summed E-state index contributed by atoms with van der Waals surface area (Å²) in [5.74, 6) is -0.470. The van der Waals surface area contributed by atoms with Crippen molar-refractivity contribution in [3.8, 4) is 22.8 Å². The molecule has 0 saturated carbocycles. The van der Waals surface area contributed by atoms with Gasteiger partial charge in [-0.1, -0.05) is 22.9 Å². The van der Waals surface area contributed by atoms with Crippen LogP contribution in [0, 0.1) is 19.7 Å². The average Bonchev–Trinajstić information content (AvgIpc) is 3.33. The van der Waals surface area contributed by atoms with Gasteiger partial charge in [0.2, 0.25) is 17.2 Å². The van der Waals surface area contributed by atoms with E-state index in [9.17, 15) is 14.0 Å². The van der Waals surface area contributed by atoms with E-state index in [4.69, 9.17) is 4.52 Å². The van der Waals surface area contributed by atoms with Gasteiger partial charge in [-0.2, -0.15) is 4.98 Å². The zero-order valence-corrected chi connectivity index (χ0v) is 18.9. The highest BCUT2D eigenvalue weighted by molar-refractivity contribution is 5.91. The number of carbonyl (C=O) groups is 1. The standard InChI is InChI=1S/C26H20FN5O3/c1-15-3-10-19(11-4-15)29-22(33)14-32-13-21(23(34)20-12-5-16(2)28-25(20)32)26-30-24(31-35-26)17-6-8-18(27)9-7-17/h3-13H,14H2,1-2H3,(H,29,33). The molecule has 0 spiro atoms. The number of carbonyl (C=O) groups excluding carboxylic acids is 1. The van der Waals surface area contributed by atoms with Crippen LogP contribution in [0.15, 0.2) is 76.2 Å². The fourth-order valence-electron chi connectivity index (χ4n) is 3.67. The van der Waals surface area contributed by atoms with E-state index >= 15 is 0 Å². The van der Waals surface area contributed by atoms with E-state index in [0.717, 1.165) is 5.56 Å². The van der Waals surface area contributed by atoms with Crippen molar-refractivity contribution in [1.82, 2.24) is 19.7 Å². The van der Waals surface area contributed by atoms with Crippen LogP contribution in [-0.4, -0.2) is 25.6 Å². The summed E-state index contributed by atoms with van der Waals surface area (Å²) in [5.41, 5.74) is 3.14. The largest absolute Gasteiger partial charge is 0.333 e. The Kier molecular flexibility index (Phi) is 5.66. The molecule has 5 rings (SSSR count). The van der Waals surface area contributed by atoms with Crippen LogP contribution in [0.2, 0.25) is 0 Å².